The second kappa shape index (κ2) is 5.69. The van der Waals surface area contributed by atoms with Gasteiger partial charge in [0.2, 0.25) is 0 Å². The molecule has 2 aromatic rings. The summed E-state index contributed by atoms with van der Waals surface area (Å²) in [4.78, 5) is 13.3. The van der Waals surface area contributed by atoms with Gasteiger partial charge in [-0.1, -0.05) is 12.1 Å². The van der Waals surface area contributed by atoms with E-state index in [1.807, 2.05) is 17.5 Å². The van der Waals surface area contributed by atoms with Crippen molar-refractivity contribution in [1.82, 2.24) is 0 Å². The van der Waals surface area contributed by atoms with Gasteiger partial charge in [0.15, 0.2) is 5.78 Å². The molecule has 0 unspecified atom stereocenters. The second-order valence-electron chi connectivity index (χ2n) is 3.92. The summed E-state index contributed by atoms with van der Waals surface area (Å²) < 4.78 is 5.11. The maximum Gasteiger partial charge on any atom is 0.165 e. The highest BCUT2D eigenvalue weighted by Gasteiger charge is 2.13. The number of ketones is 1. The van der Waals surface area contributed by atoms with Gasteiger partial charge in [-0.15, -0.1) is 11.3 Å². The summed E-state index contributed by atoms with van der Waals surface area (Å²) in [6.07, 6.45) is 1.23. The summed E-state index contributed by atoms with van der Waals surface area (Å²) in [5.74, 6) is 0.608. The molecule has 0 atom stereocenters. The van der Waals surface area contributed by atoms with Crippen LogP contribution in [0.2, 0.25) is 0 Å². The number of rotatable bonds is 5. The fraction of sp³-hybridized carbons (Fsp3) is 0.214. The molecule has 2 N–H and O–H groups in total. The number of nitrogens with two attached hydrogens (primary N) is 1. The van der Waals surface area contributed by atoms with Crippen LogP contribution in [0.25, 0.3) is 0 Å². The van der Waals surface area contributed by atoms with Crippen molar-refractivity contribution < 1.29 is 9.53 Å². The van der Waals surface area contributed by atoms with Crippen molar-refractivity contribution in [1.29, 1.82) is 0 Å². The maximum atomic E-state index is 12.1. The zero-order valence-corrected chi connectivity index (χ0v) is 11.0. The van der Waals surface area contributed by atoms with Gasteiger partial charge in [0.25, 0.3) is 0 Å². The number of methoxy groups -OCH3 is 1. The van der Waals surface area contributed by atoms with Crippen molar-refractivity contribution in [3.63, 3.8) is 0 Å². The largest absolute Gasteiger partial charge is 0.495 e. The third kappa shape index (κ3) is 2.71. The normalized spacial score (nSPS) is 10.3. The van der Waals surface area contributed by atoms with E-state index in [2.05, 4.69) is 0 Å². The van der Waals surface area contributed by atoms with Crippen LogP contribution in [0.5, 0.6) is 5.75 Å². The molecule has 4 heteroatoms. The molecule has 0 saturated carbocycles. The van der Waals surface area contributed by atoms with Crippen molar-refractivity contribution in [3.8, 4) is 5.75 Å². The quantitative estimate of drug-likeness (QED) is 0.664. The molecular formula is C14H15NO2S. The first-order valence-corrected chi connectivity index (χ1v) is 6.58. The molecule has 94 valence electrons. The fourth-order valence-electron chi connectivity index (χ4n) is 1.79. The smallest absolute Gasteiger partial charge is 0.165 e. The third-order valence-corrected chi connectivity index (χ3v) is 3.70. The minimum Gasteiger partial charge on any atom is -0.495 e. The van der Waals surface area contributed by atoms with Gasteiger partial charge >= 0.3 is 0 Å². The molecule has 2 rings (SSSR count). The molecule has 0 aliphatic heterocycles. The molecule has 1 aromatic heterocycles. The summed E-state index contributed by atoms with van der Waals surface area (Å²) >= 11 is 1.66. The lowest BCUT2D eigenvalue weighted by Crippen LogP contribution is -2.06. The minimum atomic E-state index is 0.0554. The van der Waals surface area contributed by atoms with Crippen molar-refractivity contribution in [2.24, 2.45) is 0 Å². The van der Waals surface area contributed by atoms with Crippen LogP contribution >= 0.6 is 11.3 Å². The van der Waals surface area contributed by atoms with Crippen LogP contribution in [-0.4, -0.2) is 12.9 Å². The average Bonchev–Trinajstić information content (AvgIpc) is 2.89. The number of thiophene rings is 1. The Kier molecular flexibility index (Phi) is 3.99. The van der Waals surface area contributed by atoms with Crippen molar-refractivity contribution in [2.75, 3.05) is 12.8 Å². The predicted octanol–water partition coefficient (Wildman–Crippen LogP) is 3.15. The van der Waals surface area contributed by atoms with Gasteiger partial charge in [0.1, 0.15) is 5.75 Å². The van der Waals surface area contributed by atoms with E-state index in [0.29, 0.717) is 23.4 Å². The predicted molar refractivity (Wildman–Crippen MR) is 74.4 cm³/mol. The van der Waals surface area contributed by atoms with E-state index in [9.17, 15) is 4.79 Å². The van der Waals surface area contributed by atoms with Crippen molar-refractivity contribution >= 4 is 22.8 Å². The number of Topliss-reactive ketones (excluding diaryl/α,β-unsaturated/α-hetero) is 1. The molecule has 1 aromatic carbocycles. The van der Waals surface area contributed by atoms with Crippen molar-refractivity contribution in [2.45, 2.75) is 12.8 Å². The number of ether oxygens (including phenoxy) is 1. The number of anilines is 1. The Morgan fingerprint density at radius 3 is 2.83 bits per heavy atom. The van der Waals surface area contributed by atoms with E-state index in [1.54, 1.807) is 36.6 Å². The van der Waals surface area contributed by atoms with Crippen LogP contribution in [0.4, 0.5) is 5.69 Å². The average molecular weight is 261 g/mol. The Balaban J connectivity index is 2.09. The maximum absolute atomic E-state index is 12.1. The number of aryl methyl sites for hydroxylation is 1. The van der Waals surface area contributed by atoms with Crippen LogP contribution in [0.3, 0.4) is 0 Å². The SMILES string of the molecule is COc1cccc(C(=O)CCc2cccs2)c1N. The van der Waals surface area contributed by atoms with E-state index in [1.165, 1.54) is 4.88 Å². The molecule has 0 radical (unpaired) electrons. The first-order valence-electron chi connectivity index (χ1n) is 5.70. The van der Waals surface area contributed by atoms with Crippen LogP contribution in [0, 0.1) is 0 Å². The van der Waals surface area contributed by atoms with E-state index in [0.717, 1.165) is 6.42 Å². The second-order valence-corrected chi connectivity index (χ2v) is 4.96. The summed E-state index contributed by atoms with van der Waals surface area (Å²) in [7, 11) is 1.55. The number of hydrogen-bond acceptors (Lipinski definition) is 4. The first kappa shape index (κ1) is 12.6. The Morgan fingerprint density at radius 2 is 2.17 bits per heavy atom. The van der Waals surface area contributed by atoms with E-state index in [4.69, 9.17) is 10.5 Å². The van der Waals surface area contributed by atoms with Gasteiger partial charge < -0.3 is 10.5 Å². The molecule has 0 aliphatic carbocycles. The lowest BCUT2D eigenvalue weighted by Gasteiger charge is -2.08. The standard InChI is InChI=1S/C14H15NO2S/c1-17-13-6-2-5-11(14(13)15)12(16)8-7-10-4-3-9-18-10/h2-6,9H,7-8,15H2,1H3. The fourth-order valence-corrected chi connectivity index (χ4v) is 2.50. The molecule has 0 saturated heterocycles. The van der Waals surface area contributed by atoms with E-state index < -0.39 is 0 Å². The molecule has 3 nitrogen and oxygen atoms in total. The molecule has 0 amide bonds. The van der Waals surface area contributed by atoms with Crippen LogP contribution in [0.1, 0.15) is 21.7 Å². The molecular weight excluding hydrogens is 246 g/mol. The Morgan fingerprint density at radius 1 is 1.33 bits per heavy atom. The molecule has 1 heterocycles. The highest BCUT2D eigenvalue weighted by atomic mass is 32.1. The van der Waals surface area contributed by atoms with Gasteiger partial charge in [0.05, 0.1) is 12.8 Å². The first-order chi connectivity index (χ1) is 8.72. The van der Waals surface area contributed by atoms with Gasteiger partial charge in [0, 0.05) is 16.9 Å². The van der Waals surface area contributed by atoms with E-state index >= 15 is 0 Å². The number of carbonyl (C=O) groups excluding carboxylic acids is 1. The number of nitrogen functional groups attached to an aromatic ring is 1. The zero-order chi connectivity index (χ0) is 13.0. The van der Waals surface area contributed by atoms with Gasteiger partial charge in [-0.25, -0.2) is 0 Å². The molecule has 0 spiro atoms. The lowest BCUT2D eigenvalue weighted by molar-refractivity contribution is 0.0983. The number of carbonyl (C=O) groups is 1. The summed E-state index contributed by atoms with van der Waals surface area (Å²) in [5, 5.41) is 2.01. The molecule has 18 heavy (non-hydrogen) atoms. The highest BCUT2D eigenvalue weighted by molar-refractivity contribution is 7.09. The summed E-state index contributed by atoms with van der Waals surface area (Å²) in [6, 6.07) is 9.31. The van der Waals surface area contributed by atoms with Crippen molar-refractivity contribution in [3.05, 3.63) is 46.2 Å². The summed E-state index contributed by atoms with van der Waals surface area (Å²) in [5.41, 5.74) is 6.87. The Labute approximate surface area is 110 Å². The zero-order valence-electron chi connectivity index (χ0n) is 10.2. The monoisotopic (exact) mass is 261 g/mol. The number of hydrogen-bond donors (Lipinski definition) is 1. The van der Waals surface area contributed by atoms with Crippen LogP contribution < -0.4 is 10.5 Å². The number of benzene rings is 1. The van der Waals surface area contributed by atoms with Gasteiger partial charge in [-0.3, -0.25) is 4.79 Å². The highest BCUT2D eigenvalue weighted by Crippen LogP contribution is 2.26. The summed E-state index contributed by atoms with van der Waals surface area (Å²) in [6.45, 7) is 0. The van der Waals surface area contributed by atoms with Crippen LogP contribution in [-0.2, 0) is 6.42 Å². The van der Waals surface area contributed by atoms with Gasteiger partial charge in [-0.05, 0) is 30.0 Å². The molecule has 0 bridgehead atoms. The Hall–Kier alpha value is -1.81. The Bertz CT molecular complexity index is 535. The lowest BCUT2D eigenvalue weighted by atomic mass is 10.0. The van der Waals surface area contributed by atoms with Crippen LogP contribution in [0.15, 0.2) is 35.7 Å². The molecule has 0 fully saturated rings. The number of para-hydroxylation sites is 1. The minimum absolute atomic E-state index is 0.0554. The molecule has 0 aliphatic rings. The topological polar surface area (TPSA) is 52.3 Å². The van der Waals surface area contributed by atoms with E-state index in [-0.39, 0.29) is 5.78 Å². The van der Waals surface area contributed by atoms with Gasteiger partial charge in [-0.2, -0.15) is 0 Å². The third-order valence-electron chi connectivity index (χ3n) is 2.77.